The molecule has 0 aromatic carbocycles. The molecular formula is C13H18BFO3. The second kappa shape index (κ2) is 4.25. The lowest BCUT2D eigenvalue weighted by atomic mass is 9.84. The first-order valence-electron chi connectivity index (χ1n) is 6.00. The van der Waals surface area contributed by atoms with Gasteiger partial charge in [-0.15, -0.1) is 0 Å². The quantitative estimate of drug-likeness (QED) is 0.753. The van der Waals surface area contributed by atoms with E-state index in [1.807, 2.05) is 27.7 Å². The molecule has 0 unspecified atom stereocenters. The van der Waals surface area contributed by atoms with Gasteiger partial charge >= 0.3 is 7.12 Å². The van der Waals surface area contributed by atoms with Crippen molar-refractivity contribution >= 4 is 12.7 Å². The van der Waals surface area contributed by atoms with E-state index in [2.05, 4.69) is 0 Å². The molecule has 1 aliphatic rings. The Bertz CT molecular complexity index is 447. The molecule has 1 aromatic rings. The van der Waals surface area contributed by atoms with Crippen LogP contribution in [0, 0.1) is 0 Å². The topological polar surface area (TPSA) is 31.6 Å². The first-order valence-corrected chi connectivity index (χ1v) is 6.00. The van der Waals surface area contributed by atoms with Crippen molar-refractivity contribution in [3.8, 4) is 0 Å². The van der Waals surface area contributed by atoms with Crippen molar-refractivity contribution in [2.45, 2.75) is 45.8 Å². The number of allylic oxidation sites excluding steroid dienone is 1. The average Bonchev–Trinajstić information content (AvgIpc) is 2.84. The summed E-state index contributed by atoms with van der Waals surface area (Å²) in [6.45, 7) is 9.22. The smallest absolute Gasteiger partial charge is 0.465 e. The van der Waals surface area contributed by atoms with Crippen LogP contribution in [-0.4, -0.2) is 18.3 Å². The minimum absolute atomic E-state index is 0.401. The van der Waals surface area contributed by atoms with Gasteiger partial charge in [0, 0.05) is 5.57 Å². The van der Waals surface area contributed by atoms with Crippen LogP contribution in [0.15, 0.2) is 28.5 Å². The summed E-state index contributed by atoms with van der Waals surface area (Å²) in [5.41, 5.74) is -1.13. The summed E-state index contributed by atoms with van der Waals surface area (Å²) in [6, 6.07) is 3.43. The molecule has 0 amide bonds. The van der Waals surface area contributed by atoms with Gasteiger partial charge in [0.1, 0.15) is 11.5 Å². The number of halogens is 1. The zero-order valence-electron chi connectivity index (χ0n) is 11.4. The largest absolute Gasteiger partial charge is 0.525 e. The third-order valence-corrected chi connectivity index (χ3v) is 3.71. The maximum absolute atomic E-state index is 14.3. The van der Waals surface area contributed by atoms with Crippen molar-refractivity contribution in [2.75, 3.05) is 0 Å². The van der Waals surface area contributed by atoms with Crippen LogP contribution in [0.3, 0.4) is 0 Å². The van der Waals surface area contributed by atoms with E-state index >= 15 is 0 Å². The van der Waals surface area contributed by atoms with Gasteiger partial charge in [0.05, 0.1) is 17.5 Å². The van der Waals surface area contributed by atoms with E-state index in [9.17, 15) is 4.39 Å². The maximum atomic E-state index is 14.3. The number of furan rings is 1. The molecule has 0 N–H and O–H groups in total. The molecular weight excluding hydrogens is 234 g/mol. The maximum Gasteiger partial charge on any atom is 0.525 e. The first-order chi connectivity index (χ1) is 8.24. The van der Waals surface area contributed by atoms with Gasteiger partial charge in [0.2, 0.25) is 0 Å². The van der Waals surface area contributed by atoms with Gasteiger partial charge in [-0.25, -0.2) is 4.39 Å². The highest BCUT2D eigenvalue weighted by atomic mass is 19.1. The van der Waals surface area contributed by atoms with Gasteiger partial charge in [-0.1, -0.05) is 0 Å². The predicted octanol–water partition coefficient (Wildman–Crippen LogP) is 3.61. The molecule has 0 spiro atoms. The normalized spacial score (nSPS) is 23.1. The Morgan fingerprint density at radius 1 is 1.17 bits per heavy atom. The molecule has 1 saturated heterocycles. The highest BCUT2D eigenvalue weighted by Gasteiger charge is 2.53. The summed E-state index contributed by atoms with van der Waals surface area (Å²) in [5.74, 6) is 0.488. The van der Waals surface area contributed by atoms with Crippen LogP contribution in [0.4, 0.5) is 4.39 Å². The van der Waals surface area contributed by atoms with E-state index in [4.69, 9.17) is 13.7 Å². The molecule has 98 valence electrons. The summed E-state index contributed by atoms with van der Waals surface area (Å²) in [5, 5.41) is 0. The van der Waals surface area contributed by atoms with Gasteiger partial charge < -0.3 is 13.7 Å². The van der Waals surface area contributed by atoms with Crippen molar-refractivity contribution in [1.29, 1.82) is 0 Å². The van der Waals surface area contributed by atoms with E-state index in [-0.39, 0.29) is 0 Å². The molecule has 0 atom stereocenters. The van der Waals surface area contributed by atoms with Crippen molar-refractivity contribution < 1.29 is 18.1 Å². The first kappa shape index (κ1) is 13.4. The van der Waals surface area contributed by atoms with Crippen LogP contribution in [0.1, 0.15) is 40.4 Å². The minimum Gasteiger partial charge on any atom is -0.465 e. The van der Waals surface area contributed by atoms with Gasteiger partial charge in [0.15, 0.2) is 0 Å². The third kappa shape index (κ3) is 2.13. The summed E-state index contributed by atoms with van der Waals surface area (Å²) < 4.78 is 30.8. The average molecular weight is 252 g/mol. The standard InChI is InChI=1S/C13H18BFO3/c1-9(10-7-6-8-16-10)11(15)14-17-12(2,3)13(4,5)18-14/h6-8H,1-5H3. The Balaban J connectivity index is 2.27. The highest BCUT2D eigenvalue weighted by Crippen LogP contribution is 2.40. The van der Waals surface area contributed by atoms with Crippen molar-refractivity contribution in [2.24, 2.45) is 0 Å². The zero-order valence-corrected chi connectivity index (χ0v) is 11.4. The Kier molecular flexibility index (Phi) is 3.15. The monoisotopic (exact) mass is 252 g/mol. The number of rotatable bonds is 2. The van der Waals surface area contributed by atoms with Gasteiger partial charge in [0.25, 0.3) is 0 Å². The van der Waals surface area contributed by atoms with E-state index in [0.29, 0.717) is 11.3 Å². The van der Waals surface area contributed by atoms with Crippen molar-refractivity contribution in [1.82, 2.24) is 0 Å². The molecule has 2 rings (SSSR count). The molecule has 3 nitrogen and oxygen atoms in total. The lowest BCUT2D eigenvalue weighted by Gasteiger charge is -2.32. The molecule has 18 heavy (non-hydrogen) atoms. The van der Waals surface area contributed by atoms with Gasteiger partial charge in [-0.3, -0.25) is 0 Å². The third-order valence-electron chi connectivity index (χ3n) is 3.71. The van der Waals surface area contributed by atoms with E-state index < -0.39 is 24.0 Å². The molecule has 0 aliphatic carbocycles. The second-order valence-corrected chi connectivity index (χ2v) is 5.54. The fraction of sp³-hybridized carbons (Fsp3) is 0.538. The fourth-order valence-electron chi connectivity index (χ4n) is 1.73. The predicted molar refractivity (Wildman–Crippen MR) is 68.5 cm³/mol. The van der Waals surface area contributed by atoms with Crippen LogP contribution in [0.2, 0.25) is 0 Å². The molecule has 1 aliphatic heterocycles. The Labute approximate surface area is 107 Å². The van der Waals surface area contributed by atoms with Crippen LogP contribution >= 0.6 is 0 Å². The molecule has 5 heteroatoms. The van der Waals surface area contributed by atoms with Gasteiger partial charge in [-0.2, -0.15) is 0 Å². The summed E-state index contributed by atoms with van der Waals surface area (Å²) in [4.78, 5) is 0. The van der Waals surface area contributed by atoms with Crippen molar-refractivity contribution in [3.63, 3.8) is 0 Å². The molecule has 0 saturated carbocycles. The van der Waals surface area contributed by atoms with Crippen LogP contribution in [0.25, 0.3) is 5.57 Å². The molecule has 1 aromatic heterocycles. The zero-order chi connectivity index (χ0) is 13.6. The number of hydrogen-bond donors (Lipinski definition) is 0. The SMILES string of the molecule is CC(=C(F)B1OC(C)(C)C(C)(C)O1)c1ccco1. The Morgan fingerprint density at radius 2 is 1.72 bits per heavy atom. The lowest BCUT2D eigenvalue weighted by molar-refractivity contribution is 0.00578. The molecule has 0 radical (unpaired) electrons. The molecule has 2 heterocycles. The van der Waals surface area contributed by atoms with E-state index in [1.54, 1.807) is 19.1 Å². The Morgan fingerprint density at radius 3 is 2.17 bits per heavy atom. The summed E-state index contributed by atoms with van der Waals surface area (Å²) in [7, 11) is -0.972. The van der Waals surface area contributed by atoms with Crippen LogP contribution < -0.4 is 0 Å². The molecule has 0 bridgehead atoms. The van der Waals surface area contributed by atoms with E-state index in [1.165, 1.54) is 6.26 Å². The van der Waals surface area contributed by atoms with Crippen LogP contribution in [0.5, 0.6) is 0 Å². The van der Waals surface area contributed by atoms with Gasteiger partial charge in [-0.05, 0) is 46.8 Å². The highest BCUT2D eigenvalue weighted by molar-refractivity contribution is 6.55. The lowest BCUT2D eigenvalue weighted by Crippen LogP contribution is -2.41. The minimum atomic E-state index is -0.972. The fourth-order valence-corrected chi connectivity index (χ4v) is 1.73. The molecule has 1 fully saturated rings. The number of hydrogen-bond acceptors (Lipinski definition) is 3. The Hall–Kier alpha value is -1.07. The van der Waals surface area contributed by atoms with E-state index in [0.717, 1.165) is 0 Å². The van der Waals surface area contributed by atoms with Crippen molar-refractivity contribution in [3.05, 3.63) is 29.9 Å². The van der Waals surface area contributed by atoms with Crippen LogP contribution in [-0.2, 0) is 9.31 Å². The summed E-state index contributed by atoms with van der Waals surface area (Å²) in [6.07, 6.45) is 1.51. The summed E-state index contributed by atoms with van der Waals surface area (Å²) >= 11 is 0. The second-order valence-electron chi connectivity index (χ2n) is 5.54.